The fourth-order valence-electron chi connectivity index (χ4n) is 1.48. The maximum absolute atomic E-state index is 11.3. The van der Waals surface area contributed by atoms with Crippen LogP contribution in [0.15, 0.2) is 10.5 Å². The summed E-state index contributed by atoms with van der Waals surface area (Å²) in [6.07, 6.45) is 0.496. The number of furan rings is 1. The van der Waals surface area contributed by atoms with E-state index < -0.39 is 6.10 Å². The number of aryl methyl sites for hydroxylation is 1. The minimum Gasteiger partial charge on any atom is -0.458 e. The maximum atomic E-state index is 11.3. The van der Waals surface area contributed by atoms with E-state index in [-0.39, 0.29) is 11.5 Å². The summed E-state index contributed by atoms with van der Waals surface area (Å²) in [6.45, 7) is 0. The highest BCUT2D eigenvalue weighted by atomic mass is 16.3. The number of rotatable bonds is 1. The van der Waals surface area contributed by atoms with Gasteiger partial charge in [-0.1, -0.05) is 0 Å². The Labute approximate surface area is 74.2 Å². The number of carbonyl (C=O) groups is 2. The Hall–Kier alpha value is -1.42. The van der Waals surface area contributed by atoms with Gasteiger partial charge in [-0.15, -0.1) is 0 Å². The molecule has 0 saturated carbocycles. The maximum Gasteiger partial charge on any atom is 0.194 e. The van der Waals surface area contributed by atoms with E-state index in [0.717, 1.165) is 0 Å². The molecular weight excluding hydrogens is 172 g/mol. The fourth-order valence-corrected chi connectivity index (χ4v) is 1.48. The van der Waals surface area contributed by atoms with Crippen LogP contribution in [0.3, 0.4) is 0 Å². The van der Waals surface area contributed by atoms with E-state index in [0.29, 0.717) is 30.5 Å². The van der Waals surface area contributed by atoms with Crippen LogP contribution in [-0.4, -0.2) is 23.3 Å². The molecule has 0 aliphatic heterocycles. The van der Waals surface area contributed by atoms with Crippen molar-refractivity contribution in [2.45, 2.75) is 18.9 Å². The predicted octanol–water partition coefficient (Wildman–Crippen LogP) is 0.582. The summed E-state index contributed by atoms with van der Waals surface area (Å²) < 4.78 is 5.07. The first-order chi connectivity index (χ1) is 6.22. The van der Waals surface area contributed by atoms with Gasteiger partial charge in [0.2, 0.25) is 0 Å². The lowest BCUT2D eigenvalue weighted by Gasteiger charge is -2.13. The normalized spacial score (nSPS) is 21.3. The average Bonchev–Trinajstić information content (AvgIpc) is 2.55. The molecule has 1 aromatic heterocycles. The summed E-state index contributed by atoms with van der Waals surface area (Å²) in [5.74, 6) is 0.308. The van der Waals surface area contributed by atoms with Crippen molar-refractivity contribution in [2.24, 2.45) is 0 Å². The second-order valence-electron chi connectivity index (χ2n) is 3.02. The van der Waals surface area contributed by atoms with E-state index in [1.54, 1.807) is 0 Å². The Morgan fingerprint density at radius 2 is 2.38 bits per heavy atom. The summed E-state index contributed by atoms with van der Waals surface area (Å²) in [7, 11) is 0. The van der Waals surface area contributed by atoms with Gasteiger partial charge in [-0.2, -0.15) is 0 Å². The Balaban J connectivity index is 2.47. The van der Waals surface area contributed by atoms with Gasteiger partial charge in [-0.05, 0) is 12.5 Å². The SMILES string of the molecule is O=Cc1cc2c(o1)CCC(O)C2=O. The zero-order valence-electron chi connectivity index (χ0n) is 6.82. The third kappa shape index (κ3) is 1.19. The molecule has 0 aromatic carbocycles. The molecule has 0 fully saturated rings. The minimum atomic E-state index is -0.940. The van der Waals surface area contributed by atoms with Crippen LogP contribution in [0.4, 0.5) is 0 Å². The summed E-state index contributed by atoms with van der Waals surface area (Å²) in [5.41, 5.74) is 0.348. The second kappa shape index (κ2) is 2.81. The number of aliphatic hydroxyl groups excluding tert-OH is 1. The molecule has 2 rings (SSSR count). The van der Waals surface area contributed by atoms with Crippen molar-refractivity contribution >= 4 is 12.1 Å². The van der Waals surface area contributed by atoms with E-state index in [9.17, 15) is 14.7 Å². The molecule has 1 aliphatic rings. The molecule has 1 unspecified atom stereocenters. The molecule has 1 N–H and O–H groups in total. The zero-order chi connectivity index (χ0) is 9.42. The van der Waals surface area contributed by atoms with Crippen LogP contribution in [-0.2, 0) is 6.42 Å². The number of aliphatic hydroxyl groups is 1. The molecule has 1 heterocycles. The Morgan fingerprint density at radius 1 is 1.62 bits per heavy atom. The fraction of sp³-hybridized carbons (Fsp3) is 0.333. The lowest BCUT2D eigenvalue weighted by atomic mass is 9.95. The van der Waals surface area contributed by atoms with Crippen LogP contribution < -0.4 is 0 Å². The lowest BCUT2D eigenvalue weighted by molar-refractivity contribution is 0.0704. The number of ketones is 1. The van der Waals surface area contributed by atoms with Crippen molar-refractivity contribution in [3.63, 3.8) is 0 Å². The van der Waals surface area contributed by atoms with Crippen molar-refractivity contribution in [3.05, 3.63) is 23.2 Å². The molecule has 4 heteroatoms. The molecule has 1 atom stereocenters. The van der Waals surface area contributed by atoms with Gasteiger partial charge in [0.05, 0.1) is 5.56 Å². The van der Waals surface area contributed by atoms with Crippen molar-refractivity contribution in [2.75, 3.05) is 0 Å². The van der Waals surface area contributed by atoms with Crippen molar-refractivity contribution < 1.29 is 19.1 Å². The van der Waals surface area contributed by atoms with Crippen molar-refractivity contribution in [3.8, 4) is 0 Å². The largest absolute Gasteiger partial charge is 0.458 e. The van der Waals surface area contributed by atoms with E-state index in [1.165, 1.54) is 6.07 Å². The molecule has 0 saturated heterocycles. The van der Waals surface area contributed by atoms with Crippen LogP contribution >= 0.6 is 0 Å². The van der Waals surface area contributed by atoms with Gasteiger partial charge in [-0.25, -0.2) is 0 Å². The van der Waals surface area contributed by atoms with E-state index >= 15 is 0 Å². The van der Waals surface area contributed by atoms with Gasteiger partial charge in [0.1, 0.15) is 11.9 Å². The quantitative estimate of drug-likeness (QED) is 0.642. The average molecular weight is 180 g/mol. The van der Waals surface area contributed by atoms with Crippen LogP contribution in [0.2, 0.25) is 0 Å². The van der Waals surface area contributed by atoms with Gasteiger partial charge in [0.15, 0.2) is 17.8 Å². The molecule has 0 bridgehead atoms. The molecule has 0 spiro atoms. The van der Waals surface area contributed by atoms with E-state index in [2.05, 4.69) is 0 Å². The first-order valence-corrected chi connectivity index (χ1v) is 4.02. The van der Waals surface area contributed by atoms with Gasteiger partial charge >= 0.3 is 0 Å². The molecule has 0 radical (unpaired) electrons. The number of hydrogen-bond acceptors (Lipinski definition) is 4. The third-order valence-corrected chi connectivity index (χ3v) is 2.16. The molecule has 68 valence electrons. The zero-order valence-corrected chi connectivity index (χ0v) is 6.82. The molecule has 1 aromatic rings. The van der Waals surface area contributed by atoms with Crippen LogP contribution in [0.25, 0.3) is 0 Å². The third-order valence-electron chi connectivity index (χ3n) is 2.16. The smallest absolute Gasteiger partial charge is 0.194 e. The number of carbonyl (C=O) groups excluding carboxylic acids is 2. The van der Waals surface area contributed by atoms with E-state index in [4.69, 9.17) is 4.42 Å². The monoisotopic (exact) mass is 180 g/mol. The number of fused-ring (bicyclic) bond motifs is 1. The van der Waals surface area contributed by atoms with Crippen LogP contribution in [0.1, 0.15) is 33.1 Å². The minimum absolute atomic E-state index is 0.146. The van der Waals surface area contributed by atoms with Crippen molar-refractivity contribution in [1.82, 2.24) is 0 Å². The highest BCUT2D eigenvalue weighted by Crippen LogP contribution is 2.24. The summed E-state index contributed by atoms with van der Waals surface area (Å²) in [6, 6.07) is 1.38. The summed E-state index contributed by atoms with van der Waals surface area (Å²) in [4.78, 5) is 21.7. The topological polar surface area (TPSA) is 67.5 Å². The summed E-state index contributed by atoms with van der Waals surface area (Å²) >= 11 is 0. The predicted molar refractivity (Wildman–Crippen MR) is 42.8 cm³/mol. The van der Waals surface area contributed by atoms with Crippen LogP contribution in [0, 0.1) is 0 Å². The lowest BCUT2D eigenvalue weighted by Crippen LogP contribution is -2.25. The first kappa shape index (κ1) is 8.19. The number of hydrogen-bond donors (Lipinski definition) is 1. The molecular formula is C9H8O4. The highest BCUT2D eigenvalue weighted by Gasteiger charge is 2.28. The molecule has 13 heavy (non-hydrogen) atoms. The summed E-state index contributed by atoms with van der Waals surface area (Å²) in [5, 5.41) is 9.23. The van der Waals surface area contributed by atoms with Crippen molar-refractivity contribution in [1.29, 1.82) is 0 Å². The van der Waals surface area contributed by atoms with Gasteiger partial charge in [0.25, 0.3) is 0 Å². The standard InChI is InChI=1S/C9H8O4/c10-4-5-3-6-8(13-5)2-1-7(11)9(6)12/h3-4,7,11H,1-2H2. The van der Waals surface area contributed by atoms with Gasteiger partial charge in [-0.3, -0.25) is 9.59 Å². The van der Waals surface area contributed by atoms with Gasteiger partial charge in [0, 0.05) is 6.42 Å². The molecule has 1 aliphatic carbocycles. The van der Waals surface area contributed by atoms with E-state index in [1.807, 2.05) is 0 Å². The second-order valence-corrected chi connectivity index (χ2v) is 3.02. The molecule has 4 nitrogen and oxygen atoms in total. The number of aldehydes is 1. The molecule has 0 amide bonds. The Bertz CT molecular complexity index is 364. The highest BCUT2D eigenvalue weighted by molar-refractivity contribution is 6.02. The van der Waals surface area contributed by atoms with Gasteiger partial charge < -0.3 is 9.52 Å². The Morgan fingerprint density at radius 3 is 3.08 bits per heavy atom. The van der Waals surface area contributed by atoms with Crippen LogP contribution in [0.5, 0.6) is 0 Å². The first-order valence-electron chi connectivity index (χ1n) is 4.02. The number of Topliss-reactive ketones (excluding diaryl/α,β-unsaturated/α-hetero) is 1. The Kier molecular flexibility index (Phi) is 1.77.